The average Bonchev–Trinajstić information content (AvgIpc) is 2.39. The Bertz CT molecular complexity index is 279. The van der Waals surface area contributed by atoms with Gasteiger partial charge in [-0.2, -0.15) is 0 Å². The van der Waals surface area contributed by atoms with Crippen molar-refractivity contribution in [3.8, 4) is 0 Å². The number of morpholine rings is 1. The fourth-order valence-electron chi connectivity index (χ4n) is 1.43. The van der Waals surface area contributed by atoms with E-state index in [4.69, 9.17) is 9.47 Å². The van der Waals surface area contributed by atoms with Gasteiger partial charge in [0.25, 0.3) is 0 Å². The maximum absolute atomic E-state index is 5.55. The molecule has 1 heterocycles. The second-order valence-corrected chi connectivity index (χ2v) is 2.97. The van der Waals surface area contributed by atoms with E-state index in [9.17, 15) is 0 Å². The molecule has 0 aromatic rings. The van der Waals surface area contributed by atoms with Crippen LogP contribution in [0.25, 0.3) is 0 Å². The number of fused-ring (bicyclic) bond motifs is 1. The van der Waals surface area contributed by atoms with Crippen LogP contribution in [0.15, 0.2) is 35.8 Å². The molecule has 1 atom stereocenters. The molecule has 3 nitrogen and oxygen atoms in total. The lowest BCUT2D eigenvalue weighted by molar-refractivity contribution is 0.0838. The fourth-order valence-corrected chi connectivity index (χ4v) is 1.43. The first-order valence-electron chi connectivity index (χ1n) is 4.40. The van der Waals surface area contributed by atoms with E-state index in [1.807, 2.05) is 24.3 Å². The van der Waals surface area contributed by atoms with Crippen molar-refractivity contribution in [1.29, 1.82) is 0 Å². The summed E-state index contributed by atoms with van der Waals surface area (Å²) >= 11 is 0. The van der Waals surface area contributed by atoms with Gasteiger partial charge in [-0.25, -0.2) is 0 Å². The molecule has 1 unspecified atom stereocenters. The van der Waals surface area contributed by atoms with Gasteiger partial charge in [0.05, 0.1) is 13.7 Å². The van der Waals surface area contributed by atoms with Crippen molar-refractivity contribution in [2.24, 2.45) is 0 Å². The van der Waals surface area contributed by atoms with Crippen molar-refractivity contribution >= 4 is 0 Å². The van der Waals surface area contributed by atoms with Crippen LogP contribution in [0.1, 0.15) is 0 Å². The average molecular weight is 179 g/mol. The molecule has 0 radical (unpaired) electrons. The Hall–Kier alpha value is -1.22. The molecular weight excluding hydrogens is 166 g/mol. The summed E-state index contributed by atoms with van der Waals surface area (Å²) in [6, 6.07) is 0. The van der Waals surface area contributed by atoms with E-state index in [0.29, 0.717) is 0 Å². The van der Waals surface area contributed by atoms with Crippen LogP contribution in [0.2, 0.25) is 0 Å². The smallest absolute Gasteiger partial charge is 0.118 e. The lowest BCUT2D eigenvalue weighted by atomic mass is 10.2. The van der Waals surface area contributed by atoms with Crippen molar-refractivity contribution in [3.63, 3.8) is 0 Å². The molecule has 0 aromatic carbocycles. The van der Waals surface area contributed by atoms with Crippen LogP contribution >= 0.6 is 0 Å². The summed E-state index contributed by atoms with van der Waals surface area (Å²) in [7, 11) is 1.66. The molecule has 1 saturated heterocycles. The molecule has 0 aromatic heterocycles. The van der Waals surface area contributed by atoms with Crippen molar-refractivity contribution in [2.75, 3.05) is 20.3 Å². The molecular formula is C10H13NO2. The van der Waals surface area contributed by atoms with Crippen LogP contribution in [-0.4, -0.2) is 26.4 Å². The minimum absolute atomic E-state index is 0.0673. The molecule has 0 amide bonds. The van der Waals surface area contributed by atoms with Crippen molar-refractivity contribution in [3.05, 3.63) is 35.8 Å². The molecule has 3 heteroatoms. The van der Waals surface area contributed by atoms with E-state index >= 15 is 0 Å². The van der Waals surface area contributed by atoms with Crippen LogP contribution in [0, 0.1) is 0 Å². The summed E-state index contributed by atoms with van der Waals surface area (Å²) in [4.78, 5) is 0. The maximum Gasteiger partial charge on any atom is 0.118 e. The third kappa shape index (κ3) is 1.75. The van der Waals surface area contributed by atoms with Gasteiger partial charge in [0.2, 0.25) is 0 Å². The summed E-state index contributed by atoms with van der Waals surface area (Å²) in [5.41, 5.74) is 1.11. The number of allylic oxidation sites excluding steroid dienone is 3. The summed E-state index contributed by atoms with van der Waals surface area (Å²) in [5.74, 6) is 0.854. The zero-order chi connectivity index (χ0) is 9.10. The Morgan fingerprint density at radius 2 is 2.46 bits per heavy atom. The number of rotatable bonds is 1. The summed E-state index contributed by atoms with van der Waals surface area (Å²) in [6.07, 6.45) is 7.94. The first kappa shape index (κ1) is 8.38. The predicted octanol–water partition coefficient (Wildman–Crippen LogP) is 0.959. The molecule has 70 valence electrons. The van der Waals surface area contributed by atoms with Gasteiger partial charge < -0.3 is 14.8 Å². The van der Waals surface area contributed by atoms with Crippen molar-refractivity contribution in [1.82, 2.24) is 5.32 Å². The molecule has 2 rings (SSSR count). The minimum Gasteiger partial charge on any atom is -0.497 e. The maximum atomic E-state index is 5.55. The highest BCUT2D eigenvalue weighted by atomic mass is 16.5. The van der Waals surface area contributed by atoms with E-state index in [1.54, 1.807) is 7.11 Å². The fraction of sp³-hybridized carbons (Fsp3) is 0.400. The minimum atomic E-state index is 0.0673. The van der Waals surface area contributed by atoms with Crippen LogP contribution in [0.3, 0.4) is 0 Å². The molecule has 1 aliphatic heterocycles. The molecule has 0 saturated carbocycles. The highest BCUT2D eigenvalue weighted by Gasteiger charge is 2.17. The van der Waals surface area contributed by atoms with Crippen LogP contribution in [0.5, 0.6) is 0 Å². The number of ether oxygens (including phenoxy) is 2. The molecule has 0 spiro atoms. The predicted molar refractivity (Wildman–Crippen MR) is 50.1 cm³/mol. The summed E-state index contributed by atoms with van der Waals surface area (Å²) in [6.45, 7) is 1.64. The highest BCUT2D eigenvalue weighted by molar-refractivity contribution is 5.31. The Labute approximate surface area is 77.7 Å². The Kier molecular flexibility index (Phi) is 2.36. The number of nitrogens with one attached hydrogen (secondary N) is 1. The number of methoxy groups -OCH3 is 1. The van der Waals surface area contributed by atoms with Gasteiger partial charge in [-0.1, -0.05) is 0 Å². The van der Waals surface area contributed by atoms with Gasteiger partial charge >= 0.3 is 0 Å². The standard InChI is InChI=1S/C10H13NO2/c1-12-8-2-4-9-10(5-3-8)13-7-6-11-9/h2-5,10-11H,6-7H2,1H3. The zero-order valence-electron chi connectivity index (χ0n) is 7.62. The lowest BCUT2D eigenvalue weighted by Crippen LogP contribution is -2.34. The number of hydrogen-bond acceptors (Lipinski definition) is 3. The van der Waals surface area contributed by atoms with E-state index in [2.05, 4.69) is 5.32 Å². The van der Waals surface area contributed by atoms with Crippen LogP contribution < -0.4 is 5.32 Å². The van der Waals surface area contributed by atoms with Gasteiger partial charge in [-0.3, -0.25) is 0 Å². The van der Waals surface area contributed by atoms with E-state index in [-0.39, 0.29) is 6.10 Å². The molecule has 0 bridgehead atoms. The van der Waals surface area contributed by atoms with E-state index in [1.165, 1.54) is 0 Å². The van der Waals surface area contributed by atoms with Gasteiger partial charge in [0.1, 0.15) is 11.9 Å². The van der Waals surface area contributed by atoms with E-state index in [0.717, 1.165) is 24.6 Å². The molecule has 1 fully saturated rings. The molecule has 2 aliphatic rings. The van der Waals surface area contributed by atoms with Crippen molar-refractivity contribution in [2.45, 2.75) is 6.10 Å². The molecule has 1 N–H and O–H groups in total. The Morgan fingerprint density at radius 3 is 3.31 bits per heavy atom. The van der Waals surface area contributed by atoms with Crippen molar-refractivity contribution < 1.29 is 9.47 Å². The highest BCUT2D eigenvalue weighted by Crippen LogP contribution is 2.15. The SMILES string of the molecule is COC1=CC=C2NCCOC2C=C1. The zero-order valence-corrected chi connectivity index (χ0v) is 7.62. The van der Waals surface area contributed by atoms with Crippen LogP contribution in [0.4, 0.5) is 0 Å². The topological polar surface area (TPSA) is 30.5 Å². The molecule has 13 heavy (non-hydrogen) atoms. The van der Waals surface area contributed by atoms with Gasteiger partial charge in [0, 0.05) is 12.2 Å². The van der Waals surface area contributed by atoms with Gasteiger partial charge in [-0.15, -0.1) is 0 Å². The number of hydrogen-bond donors (Lipinski definition) is 1. The van der Waals surface area contributed by atoms with Gasteiger partial charge in [0.15, 0.2) is 0 Å². The lowest BCUT2D eigenvalue weighted by Gasteiger charge is -2.24. The van der Waals surface area contributed by atoms with Gasteiger partial charge in [-0.05, 0) is 24.3 Å². The third-order valence-corrected chi connectivity index (χ3v) is 2.13. The largest absolute Gasteiger partial charge is 0.497 e. The molecule has 1 aliphatic carbocycles. The van der Waals surface area contributed by atoms with Crippen LogP contribution in [-0.2, 0) is 9.47 Å². The second kappa shape index (κ2) is 3.66. The summed E-state index contributed by atoms with van der Waals surface area (Å²) in [5, 5.41) is 3.29. The summed E-state index contributed by atoms with van der Waals surface area (Å²) < 4.78 is 10.7. The Balaban J connectivity index is 2.20. The quantitative estimate of drug-likeness (QED) is 0.650. The Morgan fingerprint density at radius 1 is 1.54 bits per heavy atom. The van der Waals surface area contributed by atoms with E-state index < -0.39 is 0 Å². The normalized spacial score (nSPS) is 26.4. The third-order valence-electron chi connectivity index (χ3n) is 2.13. The second-order valence-electron chi connectivity index (χ2n) is 2.97. The monoisotopic (exact) mass is 179 g/mol. The first-order chi connectivity index (χ1) is 6.40. The first-order valence-corrected chi connectivity index (χ1v) is 4.40.